The lowest BCUT2D eigenvalue weighted by molar-refractivity contribution is 0.0212. The SMILES string of the molecule is CCC1CCC(CN)C(N2CCN3CCCC3C2)C1. The van der Waals surface area contributed by atoms with Crippen LogP contribution in [0.4, 0.5) is 0 Å². The second-order valence-electron chi connectivity index (χ2n) is 6.98. The summed E-state index contributed by atoms with van der Waals surface area (Å²) >= 11 is 0. The van der Waals surface area contributed by atoms with Crippen molar-refractivity contribution in [2.45, 2.75) is 57.5 Å². The zero-order valence-electron chi connectivity index (χ0n) is 12.6. The van der Waals surface area contributed by atoms with E-state index >= 15 is 0 Å². The minimum atomic E-state index is 0.760. The molecule has 2 heterocycles. The lowest BCUT2D eigenvalue weighted by atomic mass is 9.76. The maximum atomic E-state index is 6.06. The molecule has 0 aromatic carbocycles. The minimum Gasteiger partial charge on any atom is -0.330 e. The van der Waals surface area contributed by atoms with E-state index in [4.69, 9.17) is 5.73 Å². The van der Waals surface area contributed by atoms with Crippen molar-refractivity contribution < 1.29 is 0 Å². The van der Waals surface area contributed by atoms with Crippen LogP contribution in [0.15, 0.2) is 0 Å². The van der Waals surface area contributed by atoms with E-state index < -0.39 is 0 Å². The molecule has 2 saturated heterocycles. The van der Waals surface area contributed by atoms with Gasteiger partial charge >= 0.3 is 0 Å². The fraction of sp³-hybridized carbons (Fsp3) is 1.00. The Morgan fingerprint density at radius 1 is 1.05 bits per heavy atom. The molecule has 3 heteroatoms. The Morgan fingerprint density at radius 2 is 1.89 bits per heavy atom. The third-order valence-electron chi connectivity index (χ3n) is 6.03. The van der Waals surface area contributed by atoms with Gasteiger partial charge in [0, 0.05) is 31.7 Å². The van der Waals surface area contributed by atoms with Gasteiger partial charge in [0.05, 0.1) is 0 Å². The molecule has 4 unspecified atom stereocenters. The van der Waals surface area contributed by atoms with Crippen molar-refractivity contribution in [2.75, 3.05) is 32.7 Å². The fourth-order valence-corrected chi connectivity index (χ4v) is 4.70. The zero-order valence-corrected chi connectivity index (χ0v) is 12.6. The lowest BCUT2D eigenvalue weighted by Gasteiger charge is -2.47. The largest absolute Gasteiger partial charge is 0.330 e. The van der Waals surface area contributed by atoms with Crippen LogP contribution in [-0.2, 0) is 0 Å². The topological polar surface area (TPSA) is 32.5 Å². The molecule has 0 aromatic heterocycles. The van der Waals surface area contributed by atoms with Crippen LogP contribution in [-0.4, -0.2) is 54.6 Å². The molecule has 0 aromatic rings. The molecule has 0 spiro atoms. The van der Waals surface area contributed by atoms with Crippen molar-refractivity contribution in [3.63, 3.8) is 0 Å². The third-order valence-corrected chi connectivity index (χ3v) is 6.03. The minimum absolute atomic E-state index is 0.760. The molecule has 3 rings (SSSR count). The van der Waals surface area contributed by atoms with Gasteiger partial charge in [0.25, 0.3) is 0 Å². The van der Waals surface area contributed by atoms with E-state index in [2.05, 4.69) is 16.7 Å². The molecule has 1 saturated carbocycles. The summed E-state index contributed by atoms with van der Waals surface area (Å²) in [5.74, 6) is 1.71. The van der Waals surface area contributed by atoms with E-state index in [1.165, 1.54) is 64.7 Å². The molecule has 0 bridgehead atoms. The molecule has 0 radical (unpaired) electrons. The van der Waals surface area contributed by atoms with Gasteiger partial charge < -0.3 is 5.73 Å². The van der Waals surface area contributed by atoms with Crippen molar-refractivity contribution in [3.05, 3.63) is 0 Å². The summed E-state index contributed by atoms with van der Waals surface area (Å²) in [4.78, 5) is 5.53. The van der Waals surface area contributed by atoms with Crippen molar-refractivity contribution in [2.24, 2.45) is 17.6 Å². The van der Waals surface area contributed by atoms with Gasteiger partial charge in [-0.3, -0.25) is 9.80 Å². The number of piperazine rings is 1. The molecule has 4 atom stereocenters. The highest BCUT2D eigenvalue weighted by molar-refractivity contribution is 4.93. The first kappa shape index (κ1) is 13.8. The molecular weight excluding hydrogens is 234 g/mol. The predicted molar refractivity (Wildman–Crippen MR) is 80.1 cm³/mol. The Bertz CT molecular complexity index is 294. The molecule has 3 fully saturated rings. The van der Waals surface area contributed by atoms with E-state index in [0.717, 1.165) is 30.5 Å². The van der Waals surface area contributed by atoms with Gasteiger partial charge in [0.15, 0.2) is 0 Å². The standard InChI is InChI=1S/C16H31N3/c1-2-13-5-6-14(11-17)16(10-13)19-9-8-18-7-3-4-15(18)12-19/h13-16H,2-12,17H2,1H3. The summed E-state index contributed by atoms with van der Waals surface area (Å²) in [6.07, 6.45) is 8.39. The molecule has 0 amide bonds. The first-order valence-corrected chi connectivity index (χ1v) is 8.50. The summed E-state index contributed by atoms with van der Waals surface area (Å²) in [7, 11) is 0. The molecule has 3 nitrogen and oxygen atoms in total. The second-order valence-corrected chi connectivity index (χ2v) is 6.98. The normalized spacial score (nSPS) is 41.4. The smallest absolute Gasteiger partial charge is 0.0224 e. The number of nitrogens with two attached hydrogens (primary N) is 1. The summed E-state index contributed by atoms with van der Waals surface area (Å²) in [5, 5.41) is 0. The molecule has 2 aliphatic heterocycles. The second kappa shape index (κ2) is 6.11. The van der Waals surface area contributed by atoms with Crippen LogP contribution in [0.2, 0.25) is 0 Å². The predicted octanol–water partition coefficient (Wildman–Crippen LogP) is 1.92. The Balaban J connectivity index is 1.64. The van der Waals surface area contributed by atoms with Gasteiger partial charge in [0.1, 0.15) is 0 Å². The zero-order chi connectivity index (χ0) is 13.2. The van der Waals surface area contributed by atoms with Gasteiger partial charge in [-0.05, 0) is 50.6 Å². The molecular formula is C16H31N3. The first-order chi connectivity index (χ1) is 9.31. The van der Waals surface area contributed by atoms with Crippen LogP contribution < -0.4 is 5.73 Å². The summed E-state index contributed by atoms with van der Waals surface area (Å²) in [6, 6.07) is 1.64. The monoisotopic (exact) mass is 265 g/mol. The van der Waals surface area contributed by atoms with Crippen molar-refractivity contribution in [1.82, 2.24) is 9.80 Å². The van der Waals surface area contributed by atoms with Crippen LogP contribution in [0, 0.1) is 11.8 Å². The Hall–Kier alpha value is -0.120. The van der Waals surface area contributed by atoms with E-state index in [0.29, 0.717) is 0 Å². The maximum absolute atomic E-state index is 6.06. The van der Waals surface area contributed by atoms with Crippen LogP contribution in [0.5, 0.6) is 0 Å². The van der Waals surface area contributed by atoms with Crippen molar-refractivity contribution in [3.8, 4) is 0 Å². The first-order valence-electron chi connectivity index (χ1n) is 8.50. The van der Waals surface area contributed by atoms with Crippen LogP contribution in [0.25, 0.3) is 0 Å². The van der Waals surface area contributed by atoms with E-state index in [1.807, 2.05) is 0 Å². The number of fused-ring (bicyclic) bond motifs is 1. The molecule has 19 heavy (non-hydrogen) atoms. The highest BCUT2D eigenvalue weighted by Gasteiger charge is 2.38. The van der Waals surface area contributed by atoms with Gasteiger partial charge in [0.2, 0.25) is 0 Å². The number of hydrogen-bond acceptors (Lipinski definition) is 3. The van der Waals surface area contributed by atoms with E-state index in [1.54, 1.807) is 0 Å². The molecule has 1 aliphatic carbocycles. The van der Waals surface area contributed by atoms with Gasteiger partial charge in [-0.15, -0.1) is 0 Å². The average molecular weight is 265 g/mol. The van der Waals surface area contributed by atoms with Crippen molar-refractivity contribution >= 4 is 0 Å². The molecule has 2 N–H and O–H groups in total. The van der Waals surface area contributed by atoms with Crippen LogP contribution >= 0.6 is 0 Å². The number of nitrogens with zero attached hydrogens (tertiary/aromatic N) is 2. The van der Waals surface area contributed by atoms with Gasteiger partial charge in [-0.2, -0.15) is 0 Å². The Labute approximate surface area is 118 Å². The molecule has 110 valence electrons. The molecule has 3 aliphatic rings. The lowest BCUT2D eigenvalue weighted by Crippen LogP contribution is -2.57. The van der Waals surface area contributed by atoms with Crippen LogP contribution in [0.1, 0.15) is 45.4 Å². The van der Waals surface area contributed by atoms with Gasteiger partial charge in [-0.1, -0.05) is 19.8 Å². The summed E-state index contributed by atoms with van der Waals surface area (Å²) < 4.78 is 0. The maximum Gasteiger partial charge on any atom is 0.0224 e. The summed E-state index contributed by atoms with van der Waals surface area (Å²) in [5.41, 5.74) is 6.06. The summed E-state index contributed by atoms with van der Waals surface area (Å²) in [6.45, 7) is 8.51. The Morgan fingerprint density at radius 3 is 2.68 bits per heavy atom. The van der Waals surface area contributed by atoms with E-state index in [9.17, 15) is 0 Å². The number of hydrogen-bond donors (Lipinski definition) is 1. The highest BCUT2D eigenvalue weighted by atomic mass is 15.3. The van der Waals surface area contributed by atoms with Crippen LogP contribution in [0.3, 0.4) is 0 Å². The van der Waals surface area contributed by atoms with Crippen molar-refractivity contribution in [1.29, 1.82) is 0 Å². The Kier molecular flexibility index (Phi) is 4.45. The third kappa shape index (κ3) is 2.84. The highest BCUT2D eigenvalue weighted by Crippen LogP contribution is 2.35. The average Bonchev–Trinajstić information content (AvgIpc) is 2.93. The quantitative estimate of drug-likeness (QED) is 0.846. The van der Waals surface area contributed by atoms with Gasteiger partial charge in [-0.25, -0.2) is 0 Å². The van der Waals surface area contributed by atoms with E-state index in [-0.39, 0.29) is 0 Å². The number of rotatable bonds is 3. The fourth-order valence-electron chi connectivity index (χ4n) is 4.70.